The second-order valence-corrected chi connectivity index (χ2v) is 5.98. The van der Waals surface area contributed by atoms with Crippen LogP contribution in [0.3, 0.4) is 0 Å². The fourth-order valence-electron chi connectivity index (χ4n) is 3.22. The van der Waals surface area contributed by atoms with Gasteiger partial charge in [-0.3, -0.25) is 14.5 Å². The number of likely N-dealkylation sites (N-methyl/N-ethyl adjacent to an activating group) is 1. The van der Waals surface area contributed by atoms with Crippen LogP contribution in [0.4, 0.5) is 0 Å². The Bertz CT molecular complexity index is 375. The van der Waals surface area contributed by atoms with Gasteiger partial charge in [-0.25, -0.2) is 0 Å². The Hall–Kier alpha value is -1.14. The molecule has 0 aromatic carbocycles. The minimum atomic E-state index is -0.0194. The third-order valence-corrected chi connectivity index (χ3v) is 4.27. The van der Waals surface area contributed by atoms with Crippen LogP contribution >= 0.6 is 0 Å². The standard InChI is InChI=1S/C14H25N3O3/c1-12(18)17-5-3-4-14(10-17)9-16(6-7-20-11-14)8-13(19)15-2/h3-11H2,1-2H3,(H,15,19)/t14-/m1/s1. The SMILES string of the molecule is CNC(=O)CN1CCOC[C@]2(CCCN(C(C)=O)C2)C1. The van der Waals surface area contributed by atoms with E-state index in [1.807, 2.05) is 4.90 Å². The quantitative estimate of drug-likeness (QED) is 0.755. The van der Waals surface area contributed by atoms with Crippen LogP contribution in [0.1, 0.15) is 19.8 Å². The van der Waals surface area contributed by atoms with Gasteiger partial charge in [0.05, 0.1) is 19.8 Å². The zero-order valence-electron chi connectivity index (χ0n) is 12.5. The fraction of sp³-hybridized carbons (Fsp3) is 0.857. The van der Waals surface area contributed by atoms with Crippen molar-refractivity contribution in [2.75, 3.05) is 53.0 Å². The molecule has 0 saturated carbocycles. The van der Waals surface area contributed by atoms with Gasteiger partial charge in [-0.1, -0.05) is 0 Å². The Morgan fingerprint density at radius 3 is 2.80 bits per heavy atom. The number of carbonyl (C=O) groups is 2. The maximum Gasteiger partial charge on any atom is 0.233 e. The number of nitrogens with zero attached hydrogens (tertiary/aromatic N) is 2. The molecule has 2 aliphatic rings. The van der Waals surface area contributed by atoms with E-state index in [4.69, 9.17) is 4.74 Å². The van der Waals surface area contributed by atoms with E-state index in [1.54, 1.807) is 14.0 Å². The average Bonchev–Trinajstić information content (AvgIpc) is 2.61. The van der Waals surface area contributed by atoms with E-state index in [2.05, 4.69) is 10.2 Å². The van der Waals surface area contributed by atoms with Crippen molar-refractivity contribution in [3.63, 3.8) is 0 Å². The largest absolute Gasteiger partial charge is 0.379 e. The fourth-order valence-corrected chi connectivity index (χ4v) is 3.22. The molecular weight excluding hydrogens is 258 g/mol. The third-order valence-electron chi connectivity index (χ3n) is 4.27. The molecule has 0 aromatic rings. The summed E-state index contributed by atoms with van der Waals surface area (Å²) in [5, 5.41) is 2.67. The molecule has 1 atom stereocenters. The number of nitrogens with one attached hydrogen (secondary N) is 1. The number of rotatable bonds is 2. The molecule has 0 unspecified atom stereocenters. The number of piperidine rings is 1. The van der Waals surface area contributed by atoms with Crippen LogP contribution in [-0.2, 0) is 14.3 Å². The van der Waals surface area contributed by atoms with Gasteiger partial charge in [0.1, 0.15) is 0 Å². The molecule has 0 aromatic heterocycles. The van der Waals surface area contributed by atoms with Gasteiger partial charge in [0.15, 0.2) is 0 Å². The number of ether oxygens (including phenoxy) is 1. The van der Waals surface area contributed by atoms with Crippen molar-refractivity contribution >= 4 is 11.8 Å². The van der Waals surface area contributed by atoms with E-state index in [0.717, 1.165) is 39.0 Å². The van der Waals surface area contributed by atoms with E-state index < -0.39 is 0 Å². The smallest absolute Gasteiger partial charge is 0.233 e. The summed E-state index contributed by atoms with van der Waals surface area (Å²) >= 11 is 0. The summed E-state index contributed by atoms with van der Waals surface area (Å²) in [7, 11) is 1.66. The molecule has 6 nitrogen and oxygen atoms in total. The van der Waals surface area contributed by atoms with Crippen molar-refractivity contribution in [3.8, 4) is 0 Å². The molecule has 1 N–H and O–H groups in total. The van der Waals surface area contributed by atoms with E-state index in [0.29, 0.717) is 19.8 Å². The molecule has 2 fully saturated rings. The molecule has 2 aliphatic heterocycles. The summed E-state index contributed by atoms with van der Waals surface area (Å²) in [6, 6.07) is 0. The first-order valence-electron chi connectivity index (χ1n) is 7.31. The predicted molar refractivity (Wildman–Crippen MR) is 75.2 cm³/mol. The van der Waals surface area contributed by atoms with Crippen molar-refractivity contribution in [3.05, 3.63) is 0 Å². The number of likely N-dealkylation sites (tertiary alicyclic amines) is 1. The first kappa shape index (κ1) is 15.3. The Balaban J connectivity index is 2.04. The van der Waals surface area contributed by atoms with Gasteiger partial charge in [0, 0.05) is 45.6 Å². The highest BCUT2D eigenvalue weighted by Crippen LogP contribution is 2.32. The first-order valence-corrected chi connectivity index (χ1v) is 7.31. The Labute approximate surface area is 120 Å². The second-order valence-electron chi connectivity index (χ2n) is 5.98. The molecule has 6 heteroatoms. The van der Waals surface area contributed by atoms with Crippen molar-refractivity contribution in [2.24, 2.45) is 5.41 Å². The lowest BCUT2D eigenvalue weighted by Gasteiger charge is -2.43. The lowest BCUT2D eigenvalue weighted by atomic mass is 9.80. The number of amides is 2. The minimum Gasteiger partial charge on any atom is -0.379 e. The summed E-state index contributed by atoms with van der Waals surface area (Å²) in [5.74, 6) is 0.160. The Morgan fingerprint density at radius 2 is 2.10 bits per heavy atom. The summed E-state index contributed by atoms with van der Waals surface area (Å²) in [6.45, 7) is 6.54. The third kappa shape index (κ3) is 3.70. The van der Waals surface area contributed by atoms with E-state index in [-0.39, 0.29) is 17.2 Å². The van der Waals surface area contributed by atoms with E-state index in [1.165, 1.54) is 0 Å². The molecule has 2 saturated heterocycles. The molecular formula is C14H25N3O3. The maximum atomic E-state index is 11.6. The summed E-state index contributed by atoms with van der Waals surface area (Å²) in [6.07, 6.45) is 2.07. The van der Waals surface area contributed by atoms with E-state index in [9.17, 15) is 9.59 Å². The topological polar surface area (TPSA) is 61.9 Å². The molecule has 1 spiro atoms. The van der Waals surface area contributed by atoms with Crippen LogP contribution in [0, 0.1) is 5.41 Å². The van der Waals surface area contributed by atoms with Crippen LogP contribution in [0.15, 0.2) is 0 Å². The summed E-state index contributed by atoms with van der Waals surface area (Å²) < 4.78 is 5.75. The number of carbonyl (C=O) groups excluding carboxylic acids is 2. The van der Waals surface area contributed by atoms with Gasteiger partial charge < -0.3 is 15.0 Å². The zero-order valence-corrected chi connectivity index (χ0v) is 12.5. The van der Waals surface area contributed by atoms with Gasteiger partial charge in [-0.15, -0.1) is 0 Å². The highest BCUT2D eigenvalue weighted by molar-refractivity contribution is 5.77. The maximum absolute atomic E-state index is 11.6. The van der Waals surface area contributed by atoms with Crippen LogP contribution in [0.25, 0.3) is 0 Å². The van der Waals surface area contributed by atoms with Crippen LogP contribution in [-0.4, -0.2) is 74.6 Å². The molecule has 2 amide bonds. The molecule has 114 valence electrons. The van der Waals surface area contributed by atoms with Crippen LogP contribution in [0.2, 0.25) is 0 Å². The minimum absolute atomic E-state index is 0.0194. The first-order chi connectivity index (χ1) is 9.54. The van der Waals surface area contributed by atoms with Gasteiger partial charge in [0.25, 0.3) is 0 Å². The Kier molecular flexibility index (Phi) is 4.99. The Morgan fingerprint density at radius 1 is 1.30 bits per heavy atom. The van der Waals surface area contributed by atoms with Gasteiger partial charge in [-0.2, -0.15) is 0 Å². The van der Waals surface area contributed by atoms with Crippen molar-refractivity contribution in [1.82, 2.24) is 15.1 Å². The highest BCUT2D eigenvalue weighted by atomic mass is 16.5. The van der Waals surface area contributed by atoms with Crippen molar-refractivity contribution in [2.45, 2.75) is 19.8 Å². The molecule has 0 radical (unpaired) electrons. The monoisotopic (exact) mass is 283 g/mol. The predicted octanol–water partition coefficient (Wildman–Crippen LogP) is -0.307. The van der Waals surface area contributed by atoms with Crippen molar-refractivity contribution in [1.29, 1.82) is 0 Å². The second kappa shape index (κ2) is 6.54. The molecule has 0 bridgehead atoms. The summed E-state index contributed by atoms with van der Waals surface area (Å²) in [5.41, 5.74) is -0.0194. The number of hydrogen-bond donors (Lipinski definition) is 1. The molecule has 2 heterocycles. The molecule has 2 rings (SSSR count). The number of hydrogen-bond acceptors (Lipinski definition) is 4. The lowest BCUT2D eigenvalue weighted by molar-refractivity contribution is -0.134. The average molecular weight is 283 g/mol. The molecule has 0 aliphatic carbocycles. The summed E-state index contributed by atoms with van der Waals surface area (Å²) in [4.78, 5) is 27.3. The van der Waals surface area contributed by atoms with Gasteiger partial charge in [0.2, 0.25) is 11.8 Å². The van der Waals surface area contributed by atoms with Crippen molar-refractivity contribution < 1.29 is 14.3 Å². The van der Waals surface area contributed by atoms with Crippen LogP contribution < -0.4 is 5.32 Å². The highest BCUT2D eigenvalue weighted by Gasteiger charge is 2.39. The molecule has 20 heavy (non-hydrogen) atoms. The lowest BCUT2D eigenvalue weighted by Crippen LogP contribution is -2.52. The van der Waals surface area contributed by atoms with Gasteiger partial charge >= 0.3 is 0 Å². The van der Waals surface area contributed by atoms with Gasteiger partial charge in [-0.05, 0) is 12.8 Å². The zero-order chi connectivity index (χ0) is 14.6. The van der Waals surface area contributed by atoms with Crippen LogP contribution in [0.5, 0.6) is 0 Å². The normalized spacial score (nSPS) is 28.2. The van der Waals surface area contributed by atoms with E-state index >= 15 is 0 Å².